The normalized spacial score (nSPS) is 18.2. The largest absolute Gasteiger partial charge is 0.497 e. The second-order valence-corrected chi connectivity index (χ2v) is 5.53. The zero-order valence-corrected chi connectivity index (χ0v) is 14.7. The Labute approximate surface area is 146 Å². The molecule has 8 nitrogen and oxygen atoms in total. The van der Waals surface area contributed by atoms with Crippen molar-refractivity contribution >= 4 is 17.9 Å². The number of esters is 1. The van der Waals surface area contributed by atoms with Crippen molar-refractivity contribution in [3.05, 3.63) is 29.8 Å². The minimum Gasteiger partial charge on any atom is -0.497 e. The smallest absolute Gasteiger partial charge is 0.430 e. The summed E-state index contributed by atoms with van der Waals surface area (Å²) in [4.78, 5) is 23.7. The number of hydrogen-bond acceptors (Lipinski definition) is 6. The Morgan fingerprint density at radius 3 is 2.52 bits per heavy atom. The average molecular weight is 349 g/mol. The molecule has 25 heavy (non-hydrogen) atoms. The van der Waals surface area contributed by atoms with Gasteiger partial charge in [-0.15, -0.1) is 0 Å². The Bertz CT molecular complexity index is 630. The lowest BCUT2D eigenvalue weighted by Gasteiger charge is -2.25. The summed E-state index contributed by atoms with van der Waals surface area (Å²) < 4.78 is 14.7. The quantitative estimate of drug-likeness (QED) is 0.645. The maximum absolute atomic E-state index is 12.0. The van der Waals surface area contributed by atoms with Crippen LogP contribution >= 0.6 is 0 Å². The number of piperidine rings is 1. The van der Waals surface area contributed by atoms with Gasteiger partial charge in [-0.05, 0) is 30.5 Å². The maximum Gasteiger partial charge on any atom is 0.430 e. The highest BCUT2D eigenvalue weighted by Crippen LogP contribution is 2.15. The number of amidine groups is 1. The third-order valence-electron chi connectivity index (χ3n) is 3.85. The molecule has 1 fully saturated rings. The number of benzene rings is 1. The van der Waals surface area contributed by atoms with Crippen LogP contribution in [0.2, 0.25) is 0 Å². The van der Waals surface area contributed by atoms with Gasteiger partial charge >= 0.3 is 12.1 Å². The number of carbonyl (C=O) groups excluding carboxylic acids is 2. The fourth-order valence-corrected chi connectivity index (χ4v) is 2.51. The van der Waals surface area contributed by atoms with Gasteiger partial charge in [0.15, 0.2) is 0 Å². The van der Waals surface area contributed by atoms with E-state index in [-0.39, 0.29) is 12.5 Å². The molecule has 0 saturated carbocycles. The molecule has 0 radical (unpaired) electrons. The molecule has 0 aliphatic carbocycles. The molecule has 0 spiro atoms. The van der Waals surface area contributed by atoms with Crippen LogP contribution < -0.4 is 10.1 Å². The summed E-state index contributed by atoms with van der Waals surface area (Å²) in [6.45, 7) is 0.241. The second-order valence-electron chi connectivity index (χ2n) is 5.53. The van der Waals surface area contributed by atoms with E-state index >= 15 is 0 Å². The molecule has 136 valence electrons. The molecule has 1 aliphatic rings. The molecule has 1 amide bonds. The van der Waals surface area contributed by atoms with Crippen molar-refractivity contribution in [1.82, 2.24) is 10.3 Å². The van der Waals surface area contributed by atoms with Crippen LogP contribution in [-0.4, -0.2) is 50.3 Å². The van der Waals surface area contributed by atoms with Gasteiger partial charge in [-0.3, -0.25) is 0 Å². The fraction of sp³-hybridized carbons (Fsp3) is 0.471. The van der Waals surface area contributed by atoms with E-state index < -0.39 is 12.1 Å². The summed E-state index contributed by atoms with van der Waals surface area (Å²) in [5.74, 6) is 0.947. The Kier molecular flexibility index (Phi) is 6.62. The Hall–Kier alpha value is -2.77. The van der Waals surface area contributed by atoms with E-state index in [1.54, 1.807) is 7.11 Å². The summed E-state index contributed by atoms with van der Waals surface area (Å²) in [6.07, 6.45) is 1.51. The number of nitrogens with one attached hydrogen (secondary N) is 1. The average Bonchev–Trinajstić information content (AvgIpc) is 2.67. The highest BCUT2D eigenvalue weighted by Gasteiger charge is 2.25. The Balaban J connectivity index is 2.13. The van der Waals surface area contributed by atoms with Crippen molar-refractivity contribution in [3.8, 4) is 5.75 Å². The first-order chi connectivity index (χ1) is 12.1. The van der Waals surface area contributed by atoms with Gasteiger partial charge in [0.25, 0.3) is 0 Å². The molecule has 0 bridgehead atoms. The molecule has 1 aromatic carbocycles. The van der Waals surface area contributed by atoms with Crippen LogP contribution in [0, 0.1) is 0 Å². The first kappa shape index (κ1) is 18.6. The third-order valence-corrected chi connectivity index (χ3v) is 3.85. The number of ether oxygens (including phenoxy) is 3. The van der Waals surface area contributed by atoms with Crippen molar-refractivity contribution in [1.29, 1.82) is 0 Å². The monoisotopic (exact) mass is 349 g/mol. The van der Waals surface area contributed by atoms with Gasteiger partial charge in [0.2, 0.25) is 0 Å². The first-order valence-corrected chi connectivity index (χ1v) is 7.97. The molecule has 0 aromatic heterocycles. The van der Waals surface area contributed by atoms with E-state index in [0.717, 1.165) is 17.7 Å². The van der Waals surface area contributed by atoms with Crippen molar-refractivity contribution in [2.45, 2.75) is 31.8 Å². The van der Waals surface area contributed by atoms with Crippen molar-refractivity contribution < 1.29 is 23.8 Å². The van der Waals surface area contributed by atoms with Gasteiger partial charge in [0, 0.05) is 6.42 Å². The zero-order chi connectivity index (χ0) is 18.2. The molecular weight excluding hydrogens is 326 g/mol. The van der Waals surface area contributed by atoms with Crippen LogP contribution in [0.25, 0.3) is 0 Å². The van der Waals surface area contributed by atoms with Gasteiger partial charge in [0.1, 0.15) is 17.6 Å². The van der Waals surface area contributed by atoms with E-state index in [2.05, 4.69) is 10.4 Å². The number of methoxy groups -OCH3 is 3. The maximum atomic E-state index is 12.0. The molecule has 1 unspecified atom stereocenters. The molecule has 1 heterocycles. The fourth-order valence-electron chi connectivity index (χ4n) is 2.51. The summed E-state index contributed by atoms with van der Waals surface area (Å²) in [6, 6.07) is 6.87. The number of hydrogen-bond donors (Lipinski definition) is 1. The molecule has 1 N–H and O–H groups in total. The van der Waals surface area contributed by atoms with Gasteiger partial charge in [-0.1, -0.05) is 12.1 Å². The molecule has 1 aliphatic heterocycles. The summed E-state index contributed by atoms with van der Waals surface area (Å²) in [5, 5.41) is 8.59. The van der Waals surface area contributed by atoms with Crippen LogP contribution in [0.4, 0.5) is 4.79 Å². The first-order valence-electron chi connectivity index (χ1n) is 7.97. The van der Waals surface area contributed by atoms with Gasteiger partial charge < -0.3 is 19.5 Å². The summed E-state index contributed by atoms with van der Waals surface area (Å²) in [7, 11) is 4.24. The summed E-state index contributed by atoms with van der Waals surface area (Å²) in [5.41, 5.74) is 0.871. The van der Waals surface area contributed by atoms with E-state index in [1.807, 2.05) is 24.3 Å². The lowest BCUT2D eigenvalue weighted by molar-refractivity contribution is -0.143. The lowest BCUT2D eigenvalue weighted by Crippen LogP contribution is -2.45. The van der Waals surface area contributed by atoms with Crippen molar-refractivity contribution in [3.63, 3.8) is 0 Å². The van der Waals surface area contributed by atoms with Crippen molar-refractivity contribution in [2.24, 2.45) is 5.10 Å². The highest BCUT2D eigenvalue weighted by molar-refractivity contribution is 5.89. The van der Waals surface area contributed by atoms with E-state index in [1.165, 1.54) is 19.2 Å². The number of carbonyl (C=O) groups is 2. The number of hydrazone groups is 1. The molecule has 1 atom stereocenters. The van der Waals surface area contributed by atoms with Crippen molar-refractivity contribution in [2.75, 3.05) is 21.3 Å². The minimum absolute atomic E-state index is 0.241. The predicted molar refractivity (Wildman–Crippen MR) is 91.2 cm³/mol. The minimum atomic E-state index is -0.578. The summed E-state index contributed by atoms with van der Waals surface area (Å²) >= 11 is 0. The van der Waals surface area contributed by atoms with E-state index in [9.17, 15) is 9.59 Å². The Morgan fingerprint density at radius 1 is 1.20 bits per heavy atom. The van der Waals surface area contributed by atoms with Gasteiger partial charge in [-0.2, -0.15) is 10.1 Å². The van der Waals surface area contributed by atoms with Crippen LogP contribution in [0.1, 0.15) is 24.8 Å². The van der Waals surface area contributed by atoms with Gasteiger partial charge in [0.05, 0.1) is 27.9 Å². The molecule has 8 heteroatoms. The topological polar surface area (TPSA) is 89.5 Å². The molecule has 1 saturated heterocycles. The standard InChI is InChI=1S/C17H23N3O5/c1-23-13-9-7-12(8-10-13)11-20(17(22)25-3)19-15-6-4-5-14(18-15)16(21)24-2/h7-10,14H,4-6,11H2,1-3H3,(H,18,19). The van der Waals surface area contributed by atoms with E-state index in [4.69, 9.17) is 14.2 Å². The van der Waals surface area contributed by atoms with Crippen LogP contribution in [0.5, 0.6) is 5.75 Å². The second kappa shape index (κ2) is 8.91. The molecule has 2 rings (SSSR count). The lowest BCUT2D eigenvalue weighted by atomic mass is 10.0. The number of rotatable bonds is 5. The number of nitrogens with zero attached hydrogens (tertiary/aromatic N) is 2. The van der Waals surface area contributed by atoms with Crippen LogP contribution in [0.15, 0.2) is 29.4 Å². The number of amides is 1. The van der Waals surface area contributed by atoms with E-state index in [0.29, 0.717) is 18.7 Å². The van der Waals surface area contributed by atoms with Crippen LogP contribution in [0.3, 0.4) is 0 Å². The third kappa shape index (κ3) is 5.10. The molecule has 1 aromatic rings. The van der Waals surface area contributed by atoms with Gasteiger partial charge in [-0.25, -0.2) is 9.59 Å². The Morgan fingerprint density at radius 2 is 1.92 bits per heavy atom. The van der Waals surface area contributed by atoms with Crippen LogP contribution in [-0.2, 0) is 20.8 Å². The SMILES string of the molecule is COC(=O)C1CCC/C(=N/N(Cc2ccc(OC)cc2)C(=O)OC)N1. The molecular formula is C17H23N3O5. The highest BCUT2D eigenvalue weighted by atomic mass is 16.5. The predicted octanol–water partition coefficient (Wildman–Crippen LogP) is 1.89. The zero-order valence-electron chi connectivity index (χ0n) is 14.7.